The Kier molecular flexibility index (Phi) is 5.64. The zero-order valence-electron chi connectivity index (χ0n) is 13.5. The van der Waals surface area contributed by atoms with Gasteiger partial charge >= 0.3 is 0 Å². The van der Waals surface area contributed by atoms with Gasteiger partial charge in [0.1, 0.15) is 11.6 Å². The van der Waals surface area contributed by atoms with Gasteiger partial charge in [0.05, 0.1) is 30.4 Å². The van der Waals surface area contributed by atoms with Crippen LogP contribution in [0, 0.1) is 17.7 Å². The van der Waals surface area contributed by atoms with E-state index in [-0.39, 0.29) is 17.2 Å². The van der Waals surface area contributed by atoms with Crippen molar-refractivity contribution >= 4 is 23.2 Å². The number of morpholine rings is 1. The predicted octanol–water partition coefficient (Wildman–Crippen LogP) is 2.87. The molecule has 0 bridgehead atoms. The summed E-state index contributed by atoms with van der Waals surface area (Å²) in [5, 5.41) is 0.188. The molecule has 0 spiro atoms. The topological polar surface area (TPSA) is 42.4 Å². The summed E-state index contributed by atoms with van der Waals surface area (Å²) in [5.74, 6) is 5.35. The lowest BCUT2D eigenvalue weighted by molar-refractivity contribution is -0.113. The lowest BCUT2D eigenvalue weighted by atomic mass is 10.1. The molecular formula is C19H16ClFN2O2. The quantitative estimate of drug-likeness (QED) is 0.791. The molecule has 0 N–H and O–H groups in total. The van der Waals surface area contributed by atoms with Crippen LogP contribution in [0.2, 0.25) is 5.02 Å². The maximum atomic E-state index is 13.0. The Morgan fingerprint density at radius 1 is 1.28 bits per heavy atom. The number of hydrogen-bond donors (Lipinski definition) is 0. The number of nitrogens with zero attached hydrogens (tertiary/aromatic N) is 2. The van der Waals surface area contributed by atoms with Crippen molar-refractivity contribution in [3.63, 3.8) is 0 Å². The van der Waals surface area contributed by atoms with Crippen LogP contribution < -0.4 is 4.90 Å². The maximum Gasteiger partial charge on any atom is 0.211 e. The van der Waals surface area contributed by atoms with E-state index in [2.05, 4.69) is 21.7 Å². The second kappa shape index (κ2) is 8.11. The average molecular weight is 359 g/mol. The molecule has 0 unspecified atom stereocenters. The Hall–Kier alpha value is -2.42. The monoisotopic (exact) mass is 358 g/mol. The van der Waals surface area contributed by atoms with E-state index in [1.165, 1.54) is 18.2 Å². The van der Waals surface area contributed by atoms with E-state index in [0.717, 1.165) is 18.9 Å². The summed E-state index contributed by atoms with van der Waals surface area (Å²) in [5.41, 5.74) is 1.08. The molecule has 2 heterocycles. The molecule has 3 rings (SSSR count). The van der Waals surface area contributed by atoms with Crippen molar-refractivity contribution < 1.29 is 13.9 Å². The summed E-state index contributed by atoms with van der Waals surface area (Å²) in [7, 11) is 0. The summed E-state index contributed by atoms with van der Waals surface area (Å²) >= 11 is 5.90. The number of anilines is 1. The predicted molar refractivity (Wildman–Crippen MR) is 94.3 cm³/mol. The van der Waals surface area contributed by atoms with Gasteiger partial charge in [-0.3, -0.25) is 4.79 Å². The number of pyridine rings is 1. The third kappa shape index (κ3) is 4.79. The third-order valence-corrected chi connectivity index (χ3v) is 4.05. The highest BCUT2D eigenvalue weighted by molar-refractivity contribution is 6.31. The fourth-order valence-corrected chi connectivity index (χ4v) is 2.69. The first-order valence-corrected chi connectivity index (χ1v) is 8.28. The van der Waals surface area contributed by atoms with Gasteiger partial charge in [0.2, 0.25) is 5.78 Å². The van der Waals surface area contributed by atoms with Gasteiger partial charge in [-0.05, 0) is 36.3 Å². The number of halogens is 2. The van der Waals surface area contributed by atoms with E-state index in [0.29, 0.717) is 24.5 Å². The van der Waals surface area contributed by atoms with Gasteiger partial charge in [-0.25, -0.2) is 9.37 Å². The van der Waals surface area contributed by atoms with Gasteiger partial charge in [0, 0.05) is 18.7 Å². The highest BCUT2D eigenvalue weighted by Gasteiger charge is 2.13. The number of ether oxygens (including phenoxy) is 1. The maximum absolute atomic E-state index is 13.0. The lowest BCUT2D eigenvalue weighted by Gasteiger charge is -2.27. The number of rotatable bonds is 3. The first kappa shape index (κ1) is 17.4. The molecule has 1 aliphatic heterocycles. The molecule has 1 aromatic carbocycles. The Bertz CT molecular complexity index is 839. The van der Waals surface area contributed by atoms with E-state index in [9.17, 15) is 9.18 Å². The number of benzene rings is 1. The fourth-order valence-electron chi connectivity index (χ4n) is 2.47. The molecular weight excluding hydrogens is 343 g/mol. The molecule has 0 aliphatic carbocycles. The van der Waals surface area contributed by atoms with E-state index in [1.807, 2.05) is 12.1 Å². The minimum Gasteiger partial charge on any atom is -0.378 e. The first-order chi connectivity index (χ1) is 12.1. The standard InChI is InChI=1S/C19H16ClFN2O2/c20-18-12-15(21)6-4-14(18)5-7-17(24)13-16-2-1-3-19(22-16)23-8-10-25-11-9-23/h1-4,6,12H,8-11,13H2. The summed E-state index contributed by atoms with van der Waals surface area (Å²) in [6.45, 7) is 2.92. The molecule has 4 nitrogen and oxygen atoms in total. The van der Waals surface area contributed by atoms with Crippen LogP contribution in [0.1, 0.15) is 11.3 Å². The fraction of sp³-hybridized carbons (Fsp3) is 0.263. The van der Waals surface area contributed by atoms with Crippen LogP contribution >= 0.6 is 11.6 Å². The van der Waals surface area contributed by atoms with Gasteiger partial charge < -0.3 is 9.64 Å². The number of Topliss-reactive ketones (excluding diaryl/α,β-unsaturated/α-hetero) is 1. The van der Waals surface area contributed by atoms with Crippen molar-refractivity contribution in [1.29, 1.82) is 0 Å². The summed E-state index contributed by atoms with van der Waals surface area (Å²) < 4.78 is 18.3. The van der Waals surface area contributed by atoms with Crippen LogP contribution in [0.4, 0.5) is 10.2 Å². The zero-order valence-corrected chi connectivity index (χ0v) is 14.2. The van der Waals surface area contributed by atoms with Crippen molar-refractivity contribution in [2.24, 2.45) is 0 Å². The molecule has 25 heavy (non-hydrogen) atoms. The van der Waals surface area contributed by atoms with Crippen molar-refractivity contribution in [3.05, 3.63) is 58.5 Å². The van der Waals surface area contributed by atoms with Crippen molar-refractivity contribution in [2.75, 3.05) is 31.2 Å². The zero-order chi connectivity index (χ0) is 17.6. The molecule has 128 valence electrons. The Labute approximate surface area is 150 Å². The molecule has 2 aromatic rings. The molecule has 0 radical (unpaired) electrons. The SMILES string of the molecule is O=C(C#Cc1ccc(F)cc1Cl)Cc1cccc(N2CCOCC2)n1. The molecule has 0 amide bonds. The number of aromatic nitrogens is 1. The lowest BCUT2D eigenvalue weighted by Crippen LogP contribution is -2.36. The van der Waals surface area contributed by atoms with Crippen molar-refractivity contribution in [2.45, 2.75) is 6.42 Å². The van der Waals surface area contributed by atoms with Crippen LogP contribution in [0.3, 0.4) is 0 Å². The molecule has 1 fully saturated rings. The Morgan fingerprint density at radius 3 is 2.84 bits per heavy atom. The number of carbonyl (C=O) groups excluding carboxylic acids is 1. The summed E-state index contributed by atoms with van der Waals surface area (Å²) in [6.07, 6.45) is 0.115. The minimum absolute atomic E-state index is 0.115. The van der Waals surface area contributed by atoms with Crippen LogP contribution in [-0.4, -0.2) is 37.1 Å². The van der Waals surface area contributed by atoms with Crippen molar-refractivity contribution in [1.82, 2.24) is 4.98 Å². The van der Waals surface area contributed by atoms with Gasteiger partial charge in [-0.2, -0.15) is 0 Å². The number of ketones is 1. The summed E-state index contributed by atoms with van der Waals surface area (Å²) in [6, 6.07) is 9.48. The molecule has 1 saturated heterocycles. The molecule has 1 aromatic heterocycles. The van der Waals surface area contributed by atoms with E-state index < -0.39 is 5.82 Å². The highest BCUT2D eigenvalue weighted by Crippen LogP contribution is 2.16. The minimum atomic E-state index is -0.439. The second-order valence-electron chi connectivity index (χ2n) is 5.56. The van der Waals surface area contributed by atoms with E-state index >= 15 is 0 Å². The second-order valence-corrected chi connectivity index (χ2v) is 5.97. The first-order valence-electron chi connectivity index (χ1n) is 7.90. The van der Waals surface area contributed by atoms with Crippen molar-refractivity contribution in [3.8, 4) is 11.8 Å². The van der Waals surface area contributed by atoms with Crippen LogP contribution in [-0.2, 0) is 16.0 Å². The van der Waals surface area contributed by atoms with Gasteiger partial charge in [-0.15, -0.1) is 0 Å². The molecule has 1 aliphatic rings. The normalized spacial score (nSPS) is 13.9. The van der Waals surface area contributed by atoms with Gasteiger partial charge in [-0.1, -0.05) is 23.6 Å². The molecule has 0 saturated carbocycles. The third-order valence-electron chi connectivity index (χ3n) is 3.74. The molecule has 6 heteroatoms. The van der Waals surface area contributed by atoms with E-state index in [1.54, 1.807) is 6.07 Å². The van der Waals surface area contributed by atoms with E-state index in [4.69, 9.17) is 16.3 Å². The Balaban J connectivity index is 1.68. The highest BCUT2D eigenvalue weighted by atomic mass is 35.5. The van der Waals surface area contributed by atoms with Gasteiger partial charge in [0.25, 0.3) is 0 Å². The number of hydrogen-bond acceptors (Lipinski definition) is 4. The smallest absolute Gasteiger partial charge is 0.211 e. The van der Waals surface area contributed by atoms with Gasteiger partial charge in [0.15, 0.2) is 0 Å². The van der Waals surface area contributed by atoms with Crippen LogP contribution in [0.15, 0.2) is 36.4 Å². The number of carbonyl (C=O) groups is 1. The molecule has 0 atom stereocenters. The summed E-state index contributed by atoms with van der Waals surface area (Å²) in [4.78, 5) is 18.7. The largest absolute Gasteiger partial charge is 0.378 e. The van der Waals surface area contributed by atoms with Crippen LogP contribution in [0.25, 0.3) is 0 Å². The Morgan fingerprint density at radius 2 is 2.08 bits per heavy atom. The van der Waals surface area contributed by atoms with Crippen LogP contribution in [0.5, 0.6) is 0 Å². The average Bonchev–Trinajstić information content (AvgIpc) is 2.62.